The van der Waals surface area contributed by atoms with Crippen molar-refractivity contribution in [2.45, 2.75) is 11.3 Å². The van der Waals surface area contributed by atoms with Gasteiger partial charge in [-0.05, 0) is 36.4 Å². The number of furan rings is 1. The molecule has 2 aromatic heterocycles. The third-order valence-electron chi connectivity index (χ3n) is 4.33. The van der Waals surface area contributed by atoms with Crippen LogP contribution in [0, 0.1) is 0 Å². The Bertz CT molecular complexity index is 1070. The zero-order chi connectivity index (χ0) is 20.3. The van der Waals surface area contributed by atoms with Crippen molar-refractivity contribution in [3.63, 3.8) is 0 Å². The molecule has 1 saturated heterocycles. The third-order valence-corrected chi connectivity index (χ3v) is 6.49. The van der Waals surface area contributed by atoms with Crippen molar-refractivity contribution in [3.05, 3.63) is 48.5 Å². The van der Waals surface area contributed by atoms with Gasteiger partial charge < -0.3 is 14.1 Å². The van der Waals surface area contributed by atoms with Crippen LogP contribution < -0.4 is 4.72 Å². The van der Waals surface area contributed by atoms with Crippen LogP contribution in [0.5, 0.6) is 0 Å². The molecule has 4 rings (SSSR count). The summed E-state index contributed by atoms with van der Waals surface area (Å²) in [6.07, 6.45) is 1.58. The molecule has 152 valence electrons. The molecule has 0 radical (unpaired) electrons. The molecule has 1 N–H and O–H groups in total. The number of sulfonamides is 1. The maximum Gasteiger partial charge on any atom is 0.263 e. The number of ether oxygens (including phenoxy) is 1. The Morgan fingerprint density at radius 2 is 1.93 bits per heavy atom. The van der Waals surface area contributed by atoms with Gasteiger partial charge in [-0.1, -0.05) is 0 Å². The minimum absolute atomic E-state index is 0.0239. The minimum Gasteiger partial charge on any atom is -0.464 e. The molecule has 0 bridgehead atoms. The molecule has 3 heterocycles. The number of amides is 1. The van der Waals surface area contributed by atoms with Crippen LogP contribution in [0.2, 0.25) is 0 Å². The van der Waals surface area contributed by atoms with Gasteiger partial charge >= 0.3 is 0 Å². The molecule has 1 amide bonds. The van der Waals surface area contributed by atoms with E-state index < -0.39 is 10.0 Å². The van der Waals surface area contributed by atoms with Crippen LogP contribution in [0.4, 0.5) is 5.13 Å². The first-order valence-corrected chi connectivity index (χ1v) is 11.1. The average molecular weight is 434 g/mol. The first kappa shape index (κ1) is 19.6. The second-order valence-corrected chi connectivity index (χ2v) is 8.73. The molecule has 0 saturated carbocycles. The van der Waals surface area contributed by atoms with Crippen LogP contribution >= 0.6 is 11.5 Å². The van der Waals surface area contributed by atoms with Crippen LogP contribution in [-0.2, 0) is 26.0 Å². The van der Waals surface area contributed by atoms with E-state index in [-0.39, 0.29) is 28.2 Å². The SMILES string of the molecule is O=C(Cc1nsc(NS(=O)(=O)c2ccc(-c3ccco3)cc2)n1)N1CCOCC1. The summed E-state index contributed by atoms with van der Waals surface area (Å²) < 4.78 is 42.2. The van der Waals surface area contributed by atoms with Crippen LogP contribution in [0.25, 0.3) is 11.3 Å². The Hall–Kier alpha value is -2.76. The zero-order valence-electron chi connectivity index (χ0n) is 15.3. The Morgan fingerprint density at radius 1 is 1.17 bits per heavy atom. The van der Waals surface area contributed by atoms with Crippen molar-refractivity contribution in [1.29, 1.82) is 0 Å². The molecule has 0 unspecified atom stereocenters. The number of anilines is 1. The number of hydrogen-bond acceptors (Lipinski definition) is 8. The number of benzene rings is 1. The lowest BCUT2D eigenvalue weighted by Crippen LogP contribution is -2.41. The Labute approximate surface area is 171 Å². The average Bonchev–Trinajstić information content (AvgIpc) is 3.41. The van der Waals surface area contributed by atoms with Crippen LogP contribution in [0.1, 0.15) is 5.82 Å². The summed E-state index contributed by atoms with van der Waals surface area (Å²) in [6, 6.07) is 9.87. The normalized spacial score (nSPS) is 14.7. The lowest BCUT2D eigenvalue weighted by molar-refractivity contribution is -0.134. The predicted octanol–water partition coefficient (Wildman–Crippen LogP) is 2.00. The van der Waals surface area contributed by atoms with Crippen LogP contribution in [-0.4, -0.2) is 54.9 Å². The third kappa shape index (κ3) is 4.63. The van der Waals surface area contributed by atoms with E-state index in [4.69, 9.17) is 9.15 Å². The summed E-state index contributed by atoms with van der Waals surface area (Å²) in [6.45, 7) is 2.10. The highest BCUT2D eigenvalue weighted by Crippen LogP contribution is 2.23. The van der Waals surface area contributed by atoms with E-state index in [9.17, 15) is 13.2 Å². The summed E-state index contributed by atoms with van der Waals surface area (Å²) in [5.74, 6) is 0.840. The van der Waals surface area contributed by atoms with Crippen molar-refractivity contribution in [2.75, 3.05) is 31.0 Å². The largest absolute Gasteiger partial charge is 0.464 e. The molecular weight excluding hydrogens is 416 g/mol. The van der Waals surface area contributed by atoms with E-state index in [1.54, 1.807) is 35.4 Å². The quantitative estimate of drug-likeness (QED) is 0.631. The van der Waals surface area contributed by atoms with Gasteiger partial charge in [-0.15, -0.1) is 0 Å². The molecule has 0 aliphatic carbocycles. The topological polar surface area (TPSA) is 115 Å². The molecule has 0 spiro atoms. The maximum absolute atomic E-state index is 12.6. The number of rotatable bonds is 6. The maximum atomic E-state index is 12.6. The monoisotopic (exact) mass is 434 g/mol. The summed E-state index contributed by atoms with van der Waals surface area (Å²) in [4.78, 5) is 18.2. The first-order valence-electron chi connectivity index (χ1n) is 8.86. The molecule has 1 aliphatic rings. The van der Waals surface area contributed by atoms with E-state index in [0.29, 0.717) is 32.1 Å². The molecule has 9 nitrogen and oxygen atoms in total. The minimum atomic E-state index is -3.82. The van der Waals surface area contributed by atoms with Crippen molar-refractivity contribution >= 4 is 32.6 Å². The van der Waals surface area contributed by atoms with Gasteiger partial charge in [0.25, 0.3) is 10.0 Å². The number of nitrogens with zero attached hydrogens (tertiary/aromatic N) is 3. The van der Waals surface area contributed by atoms with Gasteiger partial charge in [0.1, 0.15) is 5.76 Å². The van der Waals surface area contributed by atoms with Crippen LogP contribution in [0.3, 0.4) is 0 Å². The molecule has 0 atom stereocenters. The molecular formula is C18H18N4O5S2. The van der Waals surface area contributed by atoms with E-state index in [0.717, 1.165) is 17.1 Å². The fourth-order valence-corrected chi connectivity index (χ4v) is 4.65. The fourth-order valence-electron chi connectivity index (χ4n) is 2.84. The molecule has 3 aromatic rings. The Morgan fingerprint density at radius 3 is 2.62 bits per heavy atom. The molecule has 1 aliphatic heterocycles. The molecule has 1 aromatic carbocycles. The lowest BCUT2D eigenvalue weighted by atomic mass is 10.2. The summed E-state index contributed by atoms with van der Waals surface area (Å²) in [7, 11) is -3.82. The summed E-state index contributed by atoms with van der Waals surface area (Å²) >= 11 is 0.899. The Balaban J connectivity index is 1.41. The van der Waals surface area contributed by atoms with Crippen LogP contribution in [0.15, 0.2) is 52.0 Å². The molecule has 11 heteroatoms. The van der Waals surface area contributed by atoms with Gasteiger partial charge in [0.05, 0.1) is 30.8 Å². The van der Waals surface area contributed by atoms with Crippen molar-refractivity contribution in [2.24, 2.45) is 0 Å². The number of hydrogen-bond donors (Lipinski definition) is 1. The number of nitrogens with one attached hydrogen (secondary N) is 1. The van der Waals surface area contributed by atoms with E-state index in [1.807, 2.05) is 0 Å². The number of morpholine rings is 1. The smallest absolute Gasteiger partial charge is 0.263 e. The number of carbonyl (C=O) groups excluding carboxylic acids is 1. The fraction of sp³-hybridized carbons (Fsp3) is 0.278. The zero-order valence-corrected chi connectivity index (χ0v) is 16.9. The lowest BCUT2D eigenvalue weighted by Gasteiger charge is -2.26. The van der Waals surface area contributed by atoms with E-state index >= 15 is 0 Å². The van der Waals surface area contributed by atoms with Gasteiger partial charge in [-0.2, -0.15) is 4.37 Å². The van der Waals surface area contributed by atoms with Gasteiger partial charge in [-0.25, -0.2) is 13.4 Å². The second kappa shape index (κ2) is 8.31. The molecule has 29 heavy (non-hydrogen) atoms. The predicted molar refractivity (Wildman–Crippen MR) is 106 cm³/mol. The van der Waals surface area contributed by atoms with E-state index in [1.165, 1.54) is 12.1 Å². The van der Waals surface area contributed by atoms with Gasteiger partial charge in [-0.3, -0.25) is 9.52 Å². The highest BCUT2D eigenvalue weighted by molar-refractivity contribution is 7.93. The van der Waals surface area contributed by atoms with Gasteiger partial charge in [0, 0.05) is 30.2 Å². The number of aromatic nitrogens is 2. The number of carbonyl (C=O) groups is 1. The van der Waals surface area contributed by atoms with E-state index in [2.05, 4.69) is 14.1 Å². The summed E-state index contributed by atoms with van der Waals surface area (Å²) in [5, 5.41) is 0.116. The highest BCUT2D eigenvalue weighted by atomic mass is 32.2. The van der Waals surface area contributed by atoms with Gasteiger partial charge in [0.2, 0.25) is 11.0 Å². The second-order valence-electron chi connectivity index (χ2n) is 6.29. The summed E-state index contributed by atoms with van der Waals surface area (Å²) in [5.41, 5.74) is 0.772. The molecule has 1 fully saturated rings. The standard InChI is InChI=1S/C18H18N4O5S2/c23-17(22-7-10-26-11-8-22)12-16-19-18(28-20-16)21-29(24,25)14-5-3-13(4-6-14)15-2-1-9-27-15/h1-6,9H,7-8,10-12H2,(H,19,20,21). The Kier molecular flexibility index (Phi) is 5.60. The van der Waals surface area contributed by atoms with Gasteiger partial charge in [0.15, 0.2) is 5.82 Å². The van der Waals surface area contributed by atoms with Crippen molar-refractivity contribution < 1.29 is 22.4 Å². The highest BCUT2D eigenvalue weighted by Gasteiger charge is 2.21. The first-order chi connectivity index (χ1) is 14.0. The van der Waals surface area contributed by atoms with Crippen molar-refractivity contribution in [1.82, 2.24) is 14.3 Å². The van der Waals surface area contributed by atoms with Crippen molar-refractivity contribution in [3.8, 4) is 11.3 Å².